The molecule has 0 aromatic heterocycles. The van der Waals surface area contributed by atoms with Gasteiger partial charge in [0.1, 0.15) is 0 Å². The van der Waals surface area contributed by atoms with E-state index < -0.39 is 9.05 Å². The second-order valence-corrected chi connectivity index (χ2v) is 1.80. The van der Waals surface area contributed by atoms with E-state index in [0.29, 0.717) is 0 Å². The molecular formula is H13AlFeMgO6Si. The maximum Gasteiger partial charge on any atom is 0.668 e. The number of rotatable bonds is 0. The molecule has 0 amide bonds. The first-order chi connectivity index (χ1) is 2.00. The van der Waals surface area contributed by atoms with Crippen LogP contribution in [0.4, 0.5) is 0 Å². The van der Waals surface area contributed by atoms with Crippen LogP contribution in [0.1, 0.15) is 0 Å². The Morgan fingerprint density at radius 1 is 0.800 bits per heavy atom. The smallest absolute Gasteiger partial charge is 0.412 e. The Hall–Kier alpha value is 1.80. The maximum atomic E-state index is 7.33. The van der Waals surface area contributed by atoms with E-state index in [1.54, 1.807) is 0 Å². The summed E-state index contributed by atoms with van der Waals surface area (Å²) in [6, 6.07) is 0. The van der Waals surface area contributed by atoms with Crippen LogP contribution < -0.4 is 0 Å². The zero-order chi connectivity index (χ0) is 4.50. The van der Waals surface area contributed by atoms with Crippen molar-refractivity contribution in [2.45, 2.75) is 0 Å². The van der Waals surface area contributed by atoms with Gasteiger partial charge < -0.3 is 30.1 Å². The molecule has 10 heavy (non-hydrogen) atoms. The zero-order valence-electron chi connectivity index (χ0n) is 3.64. The van der Waals surface area contributed by atoms with Crippen molar-refractivity contribution in [2.24, 2.45) is 0 Å². The van der Waals surface area contributed by atoms with E-state index in [1.807, 2.05) is 0 Å². The third-order valence-corrected chi connectivity index (χ3v) is 0. The van der Waals surface area contributed by atoms with Gasteiger partial charge in [0.05, 0.1) is 0 Å². The normalized spacial score (nSPS) is 6.00. The molecule has 0 unspecified atom stereocenters. The third-order valence-electron chi connectivity index (χ3n) is 0. The van der Waals surface area contributed by atoms with Crippen LogP contribution in [-0.4, -0.2) is 79.6 Å². The molecule has 0 aromatic rings. The van der Waals surface area contributed by atoms with Crippen molar-refractivity contribution < 1.29 is 47.2 Å². The number of hydrogen-bond acceptors (Lipinski definition) is 4. The summed E-state index contributed by atoms with van der Waals surface area (Å²) in [6.45, 7) is 0. The summed E-state index contributed by atoms with van der Waals surface area (Å²) in [5.74, 6) is 0. The Labute approximate surface area is 96.1 Å². The van der Waals surface area contributed by atoms with Crippen molar-refractivity contribution in [1.82, 2.24) is 0 Å². The van der Waals surface area contributed by atoms with Crippen LogP contribution in [0, 0.1) is 0 Å². The molecule has 0 heterocycles. The molecule has 0 rings (SSSR count). The van der Waals surface area contributed by atoms with Gasteiger partial charge in [-0.1, -0.05) is 0 Å². The van der Waals surface area contributed by atoms with Gasteiger partial charge in [-0.05, 0) is 0 Å². The van der Waals surface area contributed by atoms with Gasteiger partial charge >= 0.3 is 32.1 Å². The standard InChI is InChI=1S/Al.Fe.Mg.H4O4Si.2H2O.5H/c;;;1-5(2,3)4;;;;;;;/h;;;1-4H;2*1H2;;;;;. The van der Waals surface area contributed by atoms with Crippen LogP contribution in [0.15, 0.2) is 0 Å². The van der Waals surface area contributed by atoms with E-state index in [9.17, 15) is 0 Å². The summed E-state index contributed by atoms with van der Waals surface area (Å²) >= 11 is 0. The molecule has 0 bridgehead atoms. The Bertz CT molecular complexity index is 33.2. The molecule has 0 atom stereocenters. The van der Waals surface area contributed by atoms with Gasteiger partial charge in [-0.25, -0.2) is 0 Å². The molecule has 0 spiro atoms. The van der Waals surface area contributed by atoms with Crippen molar-refractivity contribution in [3.05, 3.63) is 0 Å². The quantitative estimate of drug-likeness (QED) is 0.314. The van der Waals surface area contributed by atoms with Crippen LogP contribution in [0.25, 0.3) is 0 Å². The molecule has 10 heteroatoms. The molecule has 0 radical (unpaired) electrons. The Kier molecular flexibility index (Phi) is 69.8. The average molecular weight is 244 g/mol. The van der Waals surface area contributed by atoms with Gasteiger partial charge in [-0.3, -0.25) is 0 Å². The van der Waals surface area contributed by atoms with Crippen LogP contribution >= 0.6 is 0 Å². The van der Waals surface area contributed by atoms with Crippen molar-refractivity contribution in [3.8, 4) is 0 Å². The summed E-state index contributed by atoms with van der Waals surface area (Å²) in [6.07, 6.45) is 0. The summed E-state index contributed by atoms with van der Waals surface area (Å²) in [7, 11) is -4.61. The van der Waals surface area contributed by atoms with Gasteiger partial charge in [-0.2, -0.15) is 0 Å². The molecule has 0 aliphatic heterocycles. The molecular weight excluding hydrogens is 231 g/mol. The Morgan fingerprint density at radius 2 is 0.800 bits per heavy atom. The van der Waals surface area contributed by atoms with Crippen molar-refractivity contribution >= 4 is 49.5 Å². The first-order valence-corrected chi connectivity index (χ1v) is 2.68. The van der Waals surface area contributed by atoms with Crippen LogP contribution in [0.2, 0.25) is 0 Å². The van der Waals surface area contributed by atoms with Gasteiger partial charge in [-0.15, -0.1) is 0 Å². The fourth-order valence-corrected chi connectivity index (χ4v) is 0. The fraction of sp³-hybridized carbons (Fsp3) is 0. The molecule has 0 saturated heterocycles. The topological polar surface area (TPSA) is 144 Å². The molecule has 6 nitrogen and oxygen atoms in total. The largest absolute Gasteiger partial charge is 0.668 e. The summed E-state index contributed by atoms with van der Waals surface area (Å²) < 4.78 is 0. The van der Waals surface area contributed by atoms with E-state index in [1.165, 1.54) is 0 Å². The zero-order valence-corrected chi connectivity index (χ0v) is 5.75. The molecule has 0 fully saturated rings. The van der Waals surface area contributed by atoms with Gasteiger partial charge in [0, 0.05) is 17.1 Å². The minimum Gasteiger partial charge on any atom is -0.412 e. The van der Waals surface area contributed by atoms with E-state index in [4.69, 9.17) is 19.2 Å². The molecule has 0 aliphatic carbocycles. The van der Waals surface area contributed by atoms with E-state index in [-0.39, 0.29) is 68.4 Å². The molecule has 66 valence electrons. The second-order valence-electron chi connectivity index (χ2n) is 0.600. The van der Waals surface area contributed by atoms with E-state index >= 15 is 0 Å². The van der Waals surface area contributed by atoms with Crippen LogP contribution in [-0.2, 0) is 17.1 Å². The minimum absolute atomic E-state index is 0. The summed E-state index contributed by atoms with van der Waals surface area (Å²) in [5, 5.41) is 0. The third kappa shape index (κ3) is 235. The summed E-state index contributed by atoms with van der Waals surface area (Å²) in [4.78, 5) is 29.3. The first kappa shape index (κ1) is 40.9. The molecule has 0 aromatic carbocycles. The van der Waals surface area contributed by atoms with E-state index in [2.05, 4.69) is 0 Å². The Morgan fingerprint density at radius 3 is 0.800 bits per heavy atom. The summed E-state index contributed by atoms with van der Waals surface area (Å²) in [5.41, 5.74) is 0. The van der Waals surface area contributed by atoms with Crippen molar-refractivity contribution in [1.29, 1.82) is 0 Å². The van der Waals surface area contributed by atoms with Crippen molar-refractivity contribution in [3.63, 3.8) is 0 Å². The van der Waals surface area contributed by atoms with E-state index in [0.717, 1.165) is 0 Å². The molecule has 8 N–H and O–H groups in total. The SMILES string of the molecule is O.O.O[Si](O)(O)O.[AlH3].[Fe].[MgH2]. The van der Waals surface area contributed by atoms with Gasteiger partial charge in [0.25, 0.3) is 0 Å². The molecule has 0 aliphatic rings. The maximum absolute atomic E-state index is 7.33. The minimum atomic E-state index is -4.61. The predicted octanol–water partition coefficient (Wildman–Crippen LogP) is -6.36. The average Bonchev–Trinajstić information content (AvgIpc) is 0.722. The van der Waals surface area contributed by atoms with Gasteiger partial charge in [0.2, 0.25) is 0 Å². The Balaban J connectivity index is -0.00000000800. The van der Waals surface area contributed by atoms with Crippen LogP contribution in [0.5, 0.6) is 0 Å². The van der Waals surface area contributed by atoms with Crippen molar-refractivity contribution in [2.75, 3.05) is 0 Å². The van der Waals surface area contributed by atoms with Crippen LogP contribution in [0.3, 0.4) is 0 Å². The predicted molar refractivity (Wildman–Crippen MR) is 40.3 cm³/mol. The monoisotopic (exact) mass is 244 g/mol. The fourth-order valence-electron chi connectivity index (χ4n) is 0. The van der Waals surface area contributed by atoms with Gasteiger partial charge in [0.15, 0.2) is 17.4 Å². The molecule has 0 saturated carbocycles. The number of hydrogen-bond donors (Lipinski definition) is 4. The first-order valence-electron chi connectivity index (χ1n) is 0.894. The second kappa shape index (κ2) is 17.0.